The molecule has 4 nitrogen and oxygen atoms in total. The van der Waals surface area contributed by atoms with Gasteiger partial charge in [-0.1, -0.05) is 182 Å². The summed E-state index contributed by atoms with van der Waals surface area (Å²) in [5.41, 5.74) is 18.1. The fourth-order valence-corrected chi connectivity index (χ4v) is 12.7. The van der Waals surface area contributed by atoms with Crippen molar-refractivity contribution in [2.75, 3.05) is 0 Å². The van der Waals surface area contributed by atoms with Crippen molar-refractivity contribution in [3.63, 3.8) is 0 Å². The van der Waals surface area contributed by atoms with Crippen molar-refractivity contribution in [3.05, 3.63) is 251 Å². The molecule has 69 heavy (non-hydrogen) atoms. The van der Waals surface area contributed by atoms with E-state index in [-0.39, 0.29) is 11.8 Å². The fourth-order valence-electron chi connectivity index (χ4n) is 12.7. The lowest BCUT2D eigenvalue weighted by Crippen LogP contribution is -2.22. The second-order valence-corrected chi connectivity index (χ2v) is 18.7. The predicted molar refractivity (Wildman–Crippen MR) is 282 cm³/mol. The Morgan fingerprint density at radius 2 is 0.797 bits per heavy atom. The van der Waals surface area contributed by atoms with Crippen LogP contribution in [0.4, 0.5) is 0 Å². The quantitative estimate of drug-likeness (QED) is 0.177. The van der Waals surface area contributed by atoms with Crippen LogP contribution in [0, 0.1) is 22.7 Å². The van der Waals surface area contributed by atoms with Crippen LogP contribution < -0.4 is 0 Å². The van der Waals surface area contributed by atoms with Crippen LogP contribution in [-0.4, -0.2) is 9.13 Å². The minimum Gasteiger partial charge on any atom is -0.308 e. The number of aromatic nitrogens is 2. The Kier molecular flexibility index (Phi) is 8.69. The van der Waals surface area contributed by atoms with Gasteiger partial charge < -0.3 is 9.13 Å². The highest BCUT2D eigenvalue weighted by atomic mass is 15.0. The number of rotatable bonds is 4. The van der Waals surface area contributed by atoms with Crippen molar-refractivity contribution in [2.45, 2.75) is 31.1 Å². The van der Waals surface area contributed by atoms with Crippen molar-refractivity contribution in [1.82, 2.24) is 9.13 Å². The predicted octanol–water partition coefficient (Wildman–Crippen LogP) is 15.9. The van der Waals surface area contributed by atoms with Crippen molar-refractivity contribution < 1.29 is 0 Å². The fraction of sp³-hybridized carbons (Fsp3) is 0.0769. The molecule has 2 unspecified atom stereocenters. The van der Waals surface area contributed by atoms with Gasteiger partial charge in [-0.15, -0.1) is 0 Å². The number of benzene rings is 10. The molecule has 0 saturated carbocycles. The molecule has 0 radical (unpaired) electrons. The molecule has 0 N–H and O–H groups in total. The zero-order valence-electron chi connectivity index (χ0n) is 37.7. The number of nitrogens with zero attached hydrogens (tertiary/aromatic N) is 4. The second-order valence-electron chi connectivity index (χ2n) is 18.7. The number of hydrogen-bond acceptors (Lipinski definition) is 2. The largest absolute Gasteiger partial charge is 0.308 e. The highest BCUT2D eigenvalue weighted by molar-refractivity contribution is 6.11. The second kappa shape index (κ2) is 15.3. The van der Waals surface area contributed by atoms with Gasteiger partial charge >= 0.3 is 0 Å². The van der Waals surface area contributed by atoms with Crippen LogP contribution >= 0.6 is 0 Å². The number of para-hydroxylation sites is 4. The maximum Gasteiger partial charge on any atom is 0.102 e. The summed E-state index contributed by atoms with van der Waals surface area (Å²) in [6.45, 7) is 0. The van der Waals surface area contributed by atoms with E-state index in [0.29, 0.717) is 17.5 Å². The van der Waals surface area contributed by atoms with E-state index in [0.717, 1.165) is 106 Å². The third kappa shape index (κ3) is 5.61. The molecule has 2 aliphatic rings. The SMILES string of the molecule is N#Cc1c(C2Cc3ccccc3-c3ccc4ccccc4c32)c(-n2c3ccccc3c3ccccc32)c(C#N)c(C2CCc3ccccc3-c3ccccc32)c1-n1c2ccccc2c2ccccc21. The molecule has 2 aliphatic carbocycles. The monoisotopic (exact) mass is 878 g/mol. The Balaban J connectivity index is 1.24. The summed E-state index contributed by atoms with van der Waals surface area (Å²) in [6.07, 6.45) is 2.20. The third-order valence-corrected chi connectivity index (χ3v) is 15.4. The average molecular weight is 879 g/mol. The first-order chi connectivity index (χ1) is 34.2. The summed E-state index contributed by atoms with van der Waals surface area (Å²) < 4.78 is 4.70. The summed E-state index contributed by atoms with van der Waals surface area (Å²) in [5, 5.41) is 31.9. The summed E-state index contributed by atoms with van der Waals surface area (Å²) in [7, 11) is 0. The van der Waals surface area contributed by atoms with Crippen molar-refractivity contribution in [1.29, 1.82) is 10.5 Å². The lowest BCUT2D eigenvalue weighted by Gasteiger charge is -2.35. The lowest BCUT2D eigenvalue weighted by atomic mass is 9.70. The first kappa shape index (κ1) is 39.2. The molecule has 10 aromatic carbocycles. The molecule has 2 atom stereocenters. The van der Waals surface area contributed by atoms with Crippen LogP contribution in [0.1, 0.15) is 62.8 Å². The van der Waals surface area contributed by atoms with Gasteiger partial charge in [0.2, 0.25) is 0 Å². The summed E-state index contributed by atoms with van der Waals surface area (Å²) in [4.78, 5) is 0. The first-order valence-electron chi connectivity index (χ1n) is 24.0. The minimum atomic E-state index is -0.316. The van der Waals surface area contributed by atoms with Gasteiger partial charge in [-0.05, 0) is 98.8 Å². The molecule has 0 bridgehead atoms. The van der Waals surface area contributed by atoms with E-state index < -0.39 is 0 Å². The van der Waals surface area contributed by atoms with Gasteiger partial charge in [-0.3, -0.25) is 0 Å². The molecule has 2 heterocycles. The van der Waals surface area contributed by atoms with E-state index >= 15 is 0 Å². The van der Waals surface area contributed by atoms with E-state index in [1.807, 2.05) is 0 Å². The van der Waals surface area contributed by atoms with E-state index in [2.05, 4.69) is 228 Å². The Morgan fingerprint density at radius 1 is 0.362 bits per heavy atom. The number of aryl methyl sites for hydroxylation is 1. The zero-order chi connectivity index (χ0) is 45.7. The van der Waals surface area contributed by atoms with Crippen LogP contribution in [0.25, 0.3) is 88.0 Å². The van der Waals surface area contributed by atoms with E-state index in [1.54, 1.807) is 0 Å². The molecule has 14 rings (SSSR count). The summed E-state index contributed by atoms with van der Waals surface area (Å²) >= 11 is 0. The molecule has 0 spiro atoms. The Morgan fingerprint density at radius 3 is 1.36 bits per heavy atom. The summed E-state index contributed by atoms with van der Waals surface area (Å²) in [5.74, 6) is -0.574. The number of hydrogen-bond donors (Lipinski definition) is 0. The van der Waals surface area contributed by atoms with E-state index in [4.69, 9.17) is 0 Å². The molecular formula is C65H42N4. The minimum absolute atomic E-state index is 0.258. The van der Waals surface area contributed by atoms with Gasteiger partial charge in [0.15, 0.2) is 0 Å². The molecule has 4 heteroatoms. The normalized spacial score (nSPS) is 15.0. The number of fused-ring (bicyclic) bond motifs is 14. The smallest absolute Gasteiger partial charge is 0.102 e. The van der Waals surface area contributed by atoms with Gasteiger partial charge in [-0.2, -0.15) is 10.5 Å². The van der Waals surface area contributed by atoms with Crippen LogP contribution in [0.5, 0.6) is 0 Å². The molecule has 0 amide bonds. The van der Waals surface area contributed by atoms with Crippen molar-refractivity contribution >= 4 is 54.4 Å². The van der Waals surface area contributed by atoms with Gasteiger partial charge in [0.05, 0.1) is 44.6 Å². The molecule has 2 aromatic heterocycles. The van der Waals surface area contributed by atoms with Crippen LogP contribution in [0.2, 0.25) is 0 Å². The molecule has 0 fully saturated rings. The number of nitriles is 2. The highest BCUT2D eigenvalue weighted by Crippen LogP contribution is 2.54. The van der Waals surface area contributed by atoms with Gasteiger partial charge in [-0.25, -0.2) is 0 Å². The molecule has 0 aliphatic heterocycles. The average Bonchev–Trinajstić information content (AvgIpc) is 3.86. The van der Waals surface area contributed by atoms with Crippen LogP contribution in [0.3, 0.4) is 0 Å². The summed E-state index contributed by atoms with van der Waals surface area (Å²) in [6, 6.07) is 79.8. The maximum atomic E-state index is 12.6. The molecular weight excluding hydrogens is 837 g/mol. The Hall–Kier alpha value is -8.96. The van der Waals surface area contributed by atoms with Gasteiger partial charge in [0.1, 0.15) is 12.1 Å². The first-order valence-corrected chi connectivity index (χ1v) is 24.0. The molecule has 0 saturated heterocycles. The molecule has 12 aromatic rings. The van der Waals surface area contributed by atoms with E-state index in [9.17, 15) is 10.5 Å². The highest BCUT2D eigenvalue weighted by Gasteiger charge is 2.40. The van der Waals surface area contributed by atoms with Crippen LogP contribution in [-0.2, 0) is 12.8 Å². The standard InChI is InChI=1S/C65H42N4/c66-38-55-62(53-36-33-40-17-1-4-20-43(40)46-23-7-8-24-47(46)53)64(68-57-29-13-9-25-48(57)49-26-10-14-30-58(49)68)56(39-67)63(65(55)69-59-31-15-11-27-50(59)51-28-12-16-32-60(51)69)54-37-42-19-3-5-21-44(42)52-35-34-41-18-2-6-22-45(41)61(52)54/h1-32,34-35,53-54H,33,36-37H2. The van der Waals surface area contributed by atoms with E-state index in [1.165, 1.54) is 27.8 Å². The lowest BCUT2D eigenvalue weighted by molar-refractivity contribution is 0.715. The van der Waals surface area contributed by atoms with Gasteiger partial charge in [0.25, 0.3) is 0 Å². The van der Waals surface area contributed by atoms with Crippen LogP contribution in [0.15, 0.2) is 206 Å². The molecule has 322 valence electrons. The Labute approximate surface area is 399 Å². The maximum absolute atomic E-state index is 12.6. The Bertz CT molecular complexity index is 4120. The topological polar surface area (TPSA) is 57.4 Å². The van der Waals surface area contributed by atoms with Gasteiger partial charge in [0, 0.05) is 44.5 Å². The zero-order valence-corrected chi connectivity index (χ0v) is 37.7. The van der Waals surface area contributed by atoms with Crippen molar-refractivity contribution in [3.8, 4) is 45.8 Å². The third-order valence-electron chi connectivity index (χ3n) is 15.4. The van der Waals surface area contributed by atoms with Crippen molar-refractivity contribution in [2.24, 2.45) is 0 Å².